The molecule has 1 aliphatic rings. The number of unbranched alkanes of at least 4 members (excludes halogenated alkanes) is 7. The summed E-state index contributed by atoms with van der Waals surface area (Å²) in [5.41, 5.74) is 0.798. The highest BCUT2D eigenvalue weighted by Gasteiger charge is 2.36. The van der Waals surface area contributed by atoms with Crippen molar-refractivity contribution in [3.63, 3.8) is 0 Å². The van der Waals surface area contributed by atoms with Gasteiger partial charge in [-0.05, 0) is 24.8 Å². The topological polar surface area (TPSA) is 47.3 Å². The van der Waals surface area contributed by atoms with E-state index in [9.17, 15) is 10.4 Å². The SMILES string of the molecule is CCCCCCCCCCC(O)CN1CCC(C#N)(c2ccccc2)CC1. The molecular formula is C24H38N2O. The second-order valence-corrected chi connectivity index (χ2v) is 8.28. The predicted octanol–water partition coefficient (Wildman–Crippen LogP) is 5.44. The molecule has 1 aromatic rings. The van der Waals surface area contributed by atoms with Crippen LogP contribution < -0.4 is 0 Å². The van der Waals surface area contributed by atoms with E-state index in [4.69, 9.17) is 0 Å². The number of hydrogen-bond donors (Lipinski definition) is 1. The molecule has 1 heterocycles. The second-order valence-electron chi connectivity index (χ2n) is 8.28. The largest absolute Gasteiger partial charge is 0.392 e. The first-order valence-corrected chi connectivity index (χ1v) is 11.1. The standard InChI is InChI=1S/C24H38N2O/c1-2-3-4-5-6-7-8-12-15-23(27)20-26-18-16-24(21-25,17-19-26)22-13-10-9-11-14-22/h9-11,13-14,23,27H,2-8,12,15-20H2,1H3. The third-order valence-electron chi connectivity index (χ3n) is 6.11. The van der Waals surface area contributed by atoms with Crippen LogP contribution >= 0.6 is 0 Å². The molecule has 1 aliphatic heterocycles. The molecule has 1 unspecified atom stereocenters. The number of nitriles is 1. The monoisotopic (exact) mass is 370 g/mol. The zero-order valence-electron chi connectivity index (χ0n) is 17.2. The molecule has 150 valence electrons. The minimum Gasteiger partial charge on any atom is -0.392 e. The van der Waals surface area contributed by atoms with Crippen molar-refractivity contribution in [2.75, 3.05) is 19.6 Å². The molecule has 0 bridgehead atoms. The van der Waals surface area contributed by atoms with Crippen molar-refractivity contribution in [1.82, 2.24) is 4.90 Å². The van der Waals surface area contributed by atoms with Crippen LogP contribution in [0.2, 0.25) is 0 Å². The summed E-state index contributed by atoms with van der Waals surface area (Å²) < 4.78 is 0. The third-order valence-corrected chi connectivity index (χ3v) is 6.11. The van der Waals surface area contributed by atoms with Crippen molar-refractivity contribution in [2.45, 2.75) is 89.1 Å². The Morgan fingerprint density at radius 2 is 1.59 bits per heavy atom. The lowest BCUT2D eigenvalue weighted by Gasteiger charge is -2.38. The highest BCUT2D eigenvalue weighted by molar-refractivity contribution is 5.33. The molecule has 1 aromatic carbocycles. The number of nitrogens with zero attached hydrogens (tertiary/aromatic N) is 2. The Hall–Kier alpha value is -1.37. The van der Waals surface area contributed by atoms with Gasteiger partial charge in [0.1, 0.15) is 0 Å². The molecule has 0 spiro atoms. The Morgan fingerprint density at radius 3 is 2.19 bits per heavy atom. The molecule has 1 N–H and O–H groups in total. The van der Waals surface area contributed by atoms with Gasteiger partial charge in [-0.3, -0.25) is 0 Å². The highest BCUT2D eigenvalue weighted by atomic mass is 16.3. The molecule has 1 fully saturated rings. The fourth-order valence-electron chi connectivity index (χ4n) is 4.24. The quantitative estimate of drug-likeness (QED) is 0.499. The van der Waals surface area contributed by atoms with Gasteiger partial charge < -0.3 is 10.0 Å². The summed E-state index contributed by atoms with van der Waals surface area (Å²) in [5, 5.41) is 20.2. The van der Waals surface area contributed by atoms with E-state index < -0.39 is 0 Å². The van der Waals surface area contributed by atoms with E-state index in [2.05, 4.69) is 30.0 Å². The lowest BCUT2D eigenvalue weighted by Crippen LogP contribution is -2.44. The summed E-state index contributed by atoms with van der Waals surface area (Å²) in [5.74, 6) is 0. The highest BCUT2D eigenvalue weighted by Crippen LogP contribution is 2.34. The minimum absolute atomic E-state index is 0.226. The minimum atomic E-state index is -0.347. The van der Waals surface area contributed by atoms with Crippen molar-refractivity contribution in [3.8, 4) is 6.07 Å². The van der Waals surface area contributed by atoms with Crippen molar-refractivity contribution in [1.29, 1.82) is 5.26 Å². The maximum absolute atomic E-state index is 10.4. The van der Waals surface area contributed by atoms with Gasteiger partial charge in [-0.2, -0.15) is 5.26 Å². The van der Waals surface area contributed by atoms with Crippen LogP contribution in [0.3, 0.4) is 0 Å². The van der Waals surface area contributed by atoms with Gasteiger partial charge in [-0.15, -0.1) is 0 Å². The molecule has 0 aromatic heterocycles. The van der Waals surface area contributed by atoms with Crippen LogP contribution in [0.1, 0.15) is 83.1 Å². The molecule has 3 nitrogen and oxygen atoms in total. The van der Waals surface area contributed by atoms with Gasteiger partial charge in [0.2, 0.25) is 0 Å². The average Bonchev–Trinajstić information content (AvgIpc) is 2.71. The van der Waals surface area contributed by atoms with Crippen LogP contribution in [-0.4, -0.2) is 35.7 Å². The maximum Gasteiger partial charge on any atom is 0.0846 e. The number of likely N-dealkylation sites (tertiary alicyclic amines) is 1. The van der Waals surface area contributed by atoms with E-state index in [1.165, 1.54) is 44.9 Å². The molecule has 27 heavy (non-hydrogen) atoms. The van der Waals surface area contributed by atoms with Crippen molar-refractivity contribution >= 4 is 0 Å². The molecule has 1 atom stereocenters. The fraction of sp³-hybridized carbons (Fsp3) is 0.708. The molecule has 0 amide bonds. The zero-order valence-corrected chi connectivity index (χ0v) is 17.2. The lowest BCUT2D eigenvalue weighted by molar-refractivity contribution is 0.0825. The van der Waals surface area contributed by atoms with Crippen molar-refractivity contribution < 1.29 is 5.11 Å². The number of rotatable bonds is 12. The summed E-state index contributed by atoms with van der Waals surface area (Å²) in [6.07, 6.45) is 12.9. The molecule has 0 radical (unpaired) electrons. The zero-order chi connectivity index (χ0) is 19.4. The number of aliphatic hydroxyl groups is 1. The Bertz CT molecular complexity index is 543. The average molecular weight is 371 g/mol. The van der Waals surface area contributed by atoms with E-state index in [1.54, 1.807) is 0 Å². The number of benzene rings is 1. The lowest BCUT2D eigenvalue weighted by atomic mass is 9.74. The van der Waals surface area contributed by atoms with Crippen LogP contribution in [0.15, 0.2) is 30.3 Å². The van der Waals surface area contributed by atoms with Crippen LogP contribution in [0, 0.1) is 11.3 Å². The number of hydrogen-bond acceptors (Lipinski definition) is 3. The first-order valence-electron chi connectivity index (χ1n) is 11.1. The smallest absolute Gasteiger partial charge is 0.0846 e. The van der Waals surface area contributed by atoms with Crippen LogP contribution in [0.25, 0.3) is 0 Å². The van der Waals surface area contributed by atoms with Crippen LogP contribution in [-0.2, 0) is 5.41 Å². The summed E-state index contributed by atoms with van der Waals surface area (Å²) in [6.45, 7) is 4.81. The van der Waals surface area contributed by atoms with Crippen LogP contribution in [0.4, 0.5) is 0 Å². The van der Waals surface area contributed by atoms with Gasteiger partial charge in [-0.1, -0.05) is 88.6 Å². The second kappa shape index (κ2) is 12.2. The molecule has 3 heteroatoms. The summed E-state index contributed by atoms with van der Waals surface area (Å²) in [7, 11) is 0. The van der Waals surface area contributed by atoms with E-state index in [0.717, 1.165) is 50.9 Å². The summed E-state index contributed by atoms with van der Waals surface area (Å²) in [6, 6.07) is 12.8. The Morgan fingerprint density at radius 1 is 1.00 bits per heavy atom. The van der Waals surface area contributed by atoms with E-state index in [-0.39, 0.29) is 11.5 Å². The summed E-state index contributed by atoms with van der Waals surface area (Å²) >= 11 is 0. The van der Waals surface area contributed by atoms with Crippen molar-refractivity contribution in [3.05, 3.63) is 35.9 Å². The first-order chi connectivity index (χ1) is 13.2. The van der Waals surface area contributed by atoms with Gasteiger partial charge in [0.05, 0.1) is 17.6 Å². The Balaban J connectivity index is 1.62. The third kappa shape index (κ3) is 7.28. The van der Waals surface area contributed by atoms with Crippen LogP contribution in [0.5, 0.6) is 0 Å². The Labute approximate surface area is 166 Å². The van der Waals surface area contributed by atoms with Crippen molar-refractivity contribution in [2.24, 2.45) is 0 Å². The fourth-order valence-corrected chi connectivity index (χ4v) is 4.24. The number of β-amino-alcohol motifs (C(OH)–C–C–N with tert-alkyl or cyclic N) is 1. The van der Waals surface area contributed by atoms with Gasteiger partial charge in [0.15, 0.2) is 0 Å². The molecule has 0 saturated carbocycles. The predicted molar refractivity (Wildman–Crippen MR) is 113 cm³/mol. The number of piperidine rings is 1. The van der Waals surface area contributed by atoms with Gasteiger partial charge >= 0.3 is 0 Å². The maximum atomic E-state index is 10.4. The van der Waals surface area contributed by atoms with E-state index in [0.29, 0.717) is 0 Å². The van der Waals surface area contributed by atoms with E-state index in [1.807, 2.05) is 18.2 Å². The van der Waals surface area contributed by atoms with E-state index >= 15 is 0 Å². The summed E-state index contributed by atoms with van der Waals surface area (Å²) in [4.78, 5) is 2.34. The Kier molecular flexibility index (Phi) is 9.87. The molecule has 0 aliphatic carbocycles. The van der Waals surface area contributed by atoms with Gasteiger partial charge in [-0.25, -0.2) is 0 Å². The van der Waals surface area contributed by atoms with Gasteiger partial charge in [0.25, 0.3) is 0 Å². The first kappa shape index (κ1) is 21.9. The molecule has 1 saturated heterocycles. The normalized spacial score (nSPS) is 18.1. The molecular weight excluding hydrogens is 332 g/mol. The molecule has 2 rings (SSSR count). The number of aliphatic hydroxyl groups excluding tert-OH is 1. The van der Waals surface area contributed by atoms with Gasteiger partial charge in [0, 0.05) is 19.6 Å².